The number of amides is 2. The molecule has 0 spiro atoms. The lowest BCUT2D eigenvalue weighted by Gasteiger charge is -2.34. The third-order valence-corrected chi connectivity index (χ3v) is 9.31. The van der Waals surface area contributed by atoms with Gasteiger partial charge < -0.3 is 26.8 Å². The second kappa shape index (κ2) is 22.8. The smallest absolute Gasteiger partial charge is 0.261 e. The Bertz CT molecular complexity index is 2020. The number of carbonyl (C=O) groups excluding carboxylic acids is 2. The first-order valence-electron chi connectivity index (χ1n) is 17.5. The highest BCUT2D eigenvalue weighted by Gasteiger charge is 2.36. The van der Waals surface area contributed by atoms with E-state index in [1.807, 2.05) is 65.0 Å². The lowest BCUT2D eigenvalue weighted by atomic mass is 9.85. The maximum absolute atomic E-state index is 13.8. The zero-order valence-electron chi connectivity index (χ0n) is 33.1. The van der Waals surface area contributed by atoms with Gasteiger partial charge in [0.15, 0.2) is 0 Å². The van der Waals surface area contributed by atoms with Crippen LogP contribution in [0, 0.1) is 17.2 Å². The molecule has 0 unspecified atom stereocenters. The van der Waals surface area contributed by atoms with Gasteiger partial charge in [0.1, 0.15) is 11.9 Å². The van der Waals surface area contributed by atoms with Gasteiger partial charge in [-0.2, -0.15) is 21.1 Å². The molecule has 0 heterocycles. The number of nitrogens with one attached hydrogen (secondary N) is 3. The van der Waals surface area contributed by atoms with Crippen LogP contribution in [0.2, 0.25) is 0 Å². The number of anilines is 1. The van der Waals surface area contributed by atoms with E-state index in [0.29, 0.717) is 23.8 Å². The number of aliphatic hydroxyl groups is 1. The average Bonchev–Trinajstić information content (AvgIpc) is 3.05. The molecule has 0 radical (unpaired) electrons. The summed E-state index contributed by atoms with van der Waals surface area (Å²) in [6.45, 7) is 9.16. The molecule has 3 aromatic rings. The topological polar surface area (TPSA) is 263 Å². The number of nitrogens with zero attached hydrogens (tertiary/aromatic N) is 1. The third kappa shape index (κ3) is 22.5. The van der Waals surface area contributed by atoms with E-state index in [4.69, 9.17) is 14.8 Å². The number of sulfonamides is 1. The van der Waals surface area contributed by atoms with Gasteiger partial charge in [0.05, 0.1) is 36.1 Å². The van der Waals surface area contributed by atoms with Crippen LogP contribution in [0.5, 0.6) is 0 Å². The molecule has 0 aliphatic rings. The number of halogens is 1. The maximum Gasteiger partial charge on any atom is 0.261 e. The first-order valence-corrected chi connectivity index (χ1v) is 22.7. The normalized spacial score (nSPS) is 13.6. The highest BCUT2D eigenvalue weighted by Crippen LogP contribution is 2.23. The molecule has 2 amide bonds. The van der Waals surface area contributed by atoms with Gasteiger partial charge in [-0.1, -0.05) is 83.1 Å². The van der Waals surface area contributed by atoms with Gasteiger partial charge in [-0.05, 0) is 59.2 Å². The molecule has 0 saturated heterocycles. The van der Waals surface area contributed by atoms with Crippen molar-refractivity contribution in [1.29, 1.82) is 0 Å². The van der Waals surface area contributed by atoms with E-state index < -0.39 is 65.7 Å². The van der Waals surface area contributed by atoms with Crippen molar-refractivity contribution in [3.63, 3.8) is 0 Å². The summed E-state index contributed by atoms with van der Waals surface area (Å²) in [6, 6.07) is 19.4. The quantitative estimate of drug-likeness (QED) is 0.0808. The first-order chi connectivity index (χ1) is 26.1. The van der Waals surface area contributed by atoms with Crippen molar-refractivity contribution in [2.75, 3.05) is 37.9 Å². The number of nitrogen functional groups attached to an aromatic ring is 1. The first kappa shape index (κ1) is 51.0. The largest absolute Gasteiger partial charge is 0.399 e. The van der Waals surface area contributed by atoms with E-state index in [0.717, 1.165) is 5.56 Å². The highest BCUT2D eigenvalue weighted by molar-refractivity contribution is 7.89. The molecule has 57 heavy (non-hydrogen) atoms. The van der Waals surface area contributed by atoms with E-state index >= 15 is 0 Å². The molecule has 0 bridgehead atoms. The van der Waals surface area contributed by atoms with E-state index in [2.05, 4.69) is 16.0 Å². The number of hydrogen-bond acceptors (Lipinski definition) is 11. The number of rotatable bonds is 16. The molecule has 0 fully saturated rings. The molecule has 16 nitrogen and oxygen atoms in total. The lowest BCUT2D eigenvalue weighted by molar-refractivity contribution is -0.132. The summed E-state index contributed by atoms with van der Waals surface area (Å²) >= 11 is 0. The number of hydrogen-bond donors (Lipinski definition) is 7. The van der Waals surface area contributed by atoms with Crippen LogP contribution in [-0.2, 0) is 52.8 Å². The van der Waals surface area contributed by atoms with Gasteiger partial charge in [-0.3, -0.25) is 18.7 Å². The lowest BCUT2D eigenvalue weighted by Crippen LogP contribution is -2.59. The Kier molecular flexibility index (Phi) is 20.4. The van der Waals surface area contributed by atoms with Gasteiger partial charge >= 0.3 is 0 Å². The van der Waals surface area contributed by atoms with Crippen LogP contribution >= 0.6 is 0 Å². The van der Waals surface area contributed by atoms with Crippen molar-refractivity contribution in [3.8, 4) is 0 Å². The predicted molar refractivity (Wildman–Crippen MR) is 217 cm³/mol. The Morgan fingerprint density at radius 2 is 1.35 bits per heavy atom. The van der Waals surface area contributed by atoms with E-state index in [9.17, 15) is 44.3 Å². The molecular weight excluding hydrogens is 806 g/mol. The Morgan fingerprint density at radius 3 is 1.86 bits per heavy atom. The molecule has 320 valence electrons. The van der Waals surface area contributed by atoms with E-state index in [1.165, 1.54) is 28.6 Å². The minimum absolute atomic E-state index is 0.00973. The number of carbonyl (C=O) groups is 2. The zero-order chi connectivity index (χ0) is 43.8. The molecule has 0 aliphatic heterocycles. The molecule has 0 aromatic heterocycles. The number of aliphatic hydroxyl groups excluding tert-OH is 1. The fourth-order valence-corrected chi connectivity index (χ4v) is 6.79. The predicted octanol–water partition coefficient (Wildman–Crippen LogP) is 2.47. The van der Waals surface area contributed by atoms with Crippen LogP contribution in [0.3, 0.4) is 0 Å². The van der Waals surface area contributed by atoms with Gasteiger partial charge in [0, 0.05) is 25.3 Å². The molecule has 0 saturated carbocycles. The maximum atomic E-state index is 13.8. The summed E-state index contributed by atoms with van der Waals surface area (Å²) in [5, 5.41) is 20.3. The molecule has 8 N–H and O–H groups in total. The summed E-state index contributed by atoms with van der Waals surface area (Å²) in [5.41, 5.74) is 6.95. The van der Waals surface area contributed by atoms with Crippen LogP contribution < -0.4 is 21.7 Å². The number of nitrogens with two attached hydrogens (primary N) is 1. The van der Waals surface area contributed by atoms with Crippen molar-refractivity contribution in [2.45, 2.75) is 70.7 Å². The Morgan fingerprint density at radius 1 is 0.807 bits per heavy atom. The SMILES string of the molecule is CC(C)CN(C[C@@H](O)[C@H](Cc1ccccc1)NC(=O)[C@@H](NC(=O)CNCc1cccc(F)c1)C(C)(C)C)S(=O)(=O)c1cccc(N)c1.CS(=O)(=O)O.CS(=O)(=O)O. The van der Waals surface area contributed by atoms with Crippen molar-refractivity contribution < 1.29 is 53.4 Å². The monoisotopic (exact) mass is 861 g/mol. The van der Waals surface area contributed by atoms with Gasteiger partial charge in [-0.25, -0.2) is 12.8 Å². The summed E-state index contributed by atoms with van der Waals surface area (Å²) in [5.74, 6) is -1.40. The third-order valence-electron chi connectivity index (χ3n) is 7.48. The summed E-state index contributed by atoms with van der Waals surface area (Å²) < 4.78 is 93.9. The Balaban J connectivity index is 0.00000144. The Hall–Kier alpha value is -4.02. The Labute approximate surface area is 336 Å². The fraction of sp³-hybridized carbons (Fsp3) is 0.459. The van der Waals surface area contributed by atoms with Gasteiger partial charge in [0.2, 0.25) is 21.8 Å². The van der Waals surface area contributed by atoms with Crippen molar-refractivity contribution >= 4 is 47.8 Å². The van der Waals surface area contributed by atoms with Crippen LogP contribution in [0.15, 0.2) is 83.8 Å². The molecule has 3 atom stereocenters. The second-order valence-electron chi connectivity index (χ2n) is 14.7. The van der Waals surface area contributed by atoms with Crippen molar-refractivity contribution in [3.05, 3.63) is 95.8 Å². The molecular formula is C37H56FN5O11S3. The molecule has 3 rings (SSSR count). The average molecular weight is 862 g/mol. The minimum Gasteiger partial charge on any atom is -0.399 e. The van der Waals surface area contributed by atoms with Crippen molar-refractivity contribution in [1.82, 2.24) is 20.3 Å². The van der Waals surface area contributed by atoms with E-state index in [1.54, 1.807) is 24.3 Å². The second-order valence-corrected chi connectivity index (χ2v) is 19.6. The minimum atomic E-state index is -4.04. The van der Waals surface area contributed by atoms with Gasteiger partial charge in [-0.15, -0.1) is 0 Å². The van der Waals surface area contributed by atoms with E-state index in [-0.39, 0.29) is 49.2 Å². The summed E-state index contributed by atoms with van der Waals surface area (Å²) in [6.07, 6.45) is 0.333. The zero-order valence-corrected chi connectivity index (χ0v) is 35.5. The van der Waals surface area contributed by atoms with Crippen molar-refractivity contribution in [2.24, 2.45) is 11.3 Å². The van der Waals surface area contributed by atoms with Crippen LogP contribution in [0.1, 0.15) is 45.7 Å². The summed E-state index contributed by atoms with van der Waals surface area (Å²) in [7, 11) is -11.4. The molecule has 20 heteroatoms. The van der Waals surface area contributed by atoms with Crippen LogP contribution in [0.25, 0.3) is 0 Å². The molecule has 3 aromatic carbocycles. The van der Waals surface area contributed by atoms with Crippen LogP contribution in [-0.4, -0.2) is 106 Å². The van der Waals surface area contributed by atoms with Gasteiger partial charge in [0.25, 0.3) is 20.2 Å². The van der Waals surface area contributed by atoms with Crippen LogP contribution in [0.4, 0.5) is 10.1 Å². The fourth-order valence-electron chi connectivity index (χ4n) is 5.11. The molecule has 0 aliphatic carbocycles. The number of benzene rings is 3. The standard InChI is InChI=1S/C35H48FN5O5S.2CH4O3S/c1-24(2)22-41(47(45,46)29-16-10-15-28(37)19-29)23-31(42)30(18-25-11-7-6-8-12-25)39-34(44)33(35(3,4)5)40-32(43)21-38-20-26-13-9-14-27(36)17-26;2*1-5(2,3)4/h6-17,19,24,30-31,33,38,42H,18,20-23,37H2,1-5H3,(H,39,44)(H,40,43);2*1H3,(H,2,3,4)/t30-,31+,33+;;/m0../s1. The summed E-state index contributed by atoms with van der Waals surface area (Å²) in [4.78, 5) is 26.8. The highest BCUT2D eigenvalue weighted by atomic mass is 32.2.